The van der Waals surface area contributed by atoms with Crippen molar-refractivity contribution >= 4 is 0 Å². The molecule has 1 aromatic rings. The molecule has 1 aliphatic heterocycles. The molecule has 16 heavy (non-hydrogen) atoms. The summed E-state index contributed by atoms with van der Waals surface area (Å²) in [5.41, 5.74) is 14.2. The van der Waals surface area contributed by atoms with E-state index in [1.807, 2.05) is 0 Å². The van der Waals surface area contributed by atoms with Crippen LogP contribution in [0.1, 0.15) is 30.0 Å². The van der Waals surface area contributed by atoms with E-state index in [2.05, 4.69) is 24.3 Å². The average Bonchev–Trinajstić information content (AvgIpc) is 2.39. The first-order valence-corrected chi connectivity index (χ1v) is 5.93. The van der Waals surface area contributed by atoms with Gasteiger partial charge in [-0.2, -0.15) is 0 Å². The molecule has 0 radical (unpaired) electrons. The molecule has 3 heteroatoms. The molecule has 3 nitrogen and oxygen atoms in total. The number of hydrogen-bond acceptors (Lipinski definition) is 3. The fourth-order valence-electron chi connectivity index (χ4n) is 2.22. The van der Waals surface area contributed by atoms with E-state index >= 15 is 0 Å². The highest BCUT2D eigenvalue weighted by Gasteiger charge is 2.21. The molecule has 1 unspecified atom stereocenters. The van der Waals surface area contributed by atoms with Gasteiger partial charge in [-0.1, -0.05) is 24.3 Å². The Balaban J connectivity index is 2.04. The van der Waals surface area contributed by atoms with Crippen molar-refractivity contribution in [3.8, 4) is 0 Å². The van der Waals surface area contributed by atoms with Gasteiger partial charge in [-0.05, 0) is 29.9 Å². The second-order valence-electron chi connectivity index (χ2n) is 4.42. The lowest BCUT2D eigenvalue weighted by atomic mass is 9.87. The molecule has 0 aliphatic carbocycles. The summed E-state index contributed by atoms with van der Waals surface area (Å²) in [4.78, 5) is 0. The number of hydrogen-bond donors (Lipinski definition) is 2. The third-order valence-electron chi connectivity index (χ3n) is 3.37. The van der Waals surface area contributed by atoms with Gasteiger partial charge < -0.3 is 16.2 Å². The largest absolute Gasteiger partial charge is 0.381 e. The van der Waals surface area contributed by atoms with Gasteiger partial charge in [-0.3, -0.25) is 0 Å². The van der Waals surface area contributed by atoms with Gasteiger partial charge in [-0.25, -0.2) is 0 Å². The standard InChI is InChI=1S/C13H20N2O/c14-9-10-1-3-11(4-2-10)13(15)12-5-7-16-8-6-12/h1-4,12-13H,5-9,14-15H2. The van der Waals surface area contributed by atoms with E-state index in [4.69, 9.17) is 16.2 Å². The Bertz CT molecular complexity index is 317. The second-order valence-corrected chi connectivity index (χ2v) is 4.42. The van der Waals surface area contributed by atoms with E-state index in [1.54, 1.807) is 0 Å². The van der Waals surface area contributed by atoms with E-state index < -0.39 is 0 Å². The second kappa shape index (κ2) is 5.43. The minimum absolute atomic E-state index is 0.135. The molecule has 0 aromatic heterocycles. The van der Waals surface area contributed by atoms with E-state index in [0.29, 0.717) is 12.5 Å². The first-order chi connectivity index (χ1) is 7.81. The van der Waals surface area contributed by atoms with Crippen LogP contribution >= 0.6 is 0 Å². The zero-order chi connectivity index (χ0) is 11.4. The highest BCUT2D eigenvalue weighted by Crippen LogP contribution is 2.27. The Morgan fingerprint density at radius 3 is 2.38 bits per heavy atom. The summed E-state index contributed by atoms with van der Waals surface area (Å²) >= 11 is 0. The van der Waals surface area contributed by atoms with Gasteiger partial charge in [0.2, 0.25) is 0 Å². The van der Waals surface area contributed by atoms with Crippen LogP contribution in [0.15, 0.2) is 24.3 Å². The van der Waals surface area contributed by atoms with Crippen LogP contribution in [-0.4, -0.2) is 13.2 Å². The number of rotatable bonds is 3. The minimum atomic E-state index is 0.135. The van der Waals surface area contributed by atoms with E-state index in [-0.39, 0.29) is 6.04 Å². The van der Waals surface area contributed by atoms with Crippen molar-refractivity contribution in [1.82, 2.24) is 0 Å². The Kier molecular flexibility index (Phi) is 3.93. The summed E-state index contributed by atoms with van der Waals surface area (Å²) in [5, 5.41) is 0. The molecule has 1 fully saturated rings. The molecular formula is C13H20N2O. The first kappa shape index (κ1) is 11.6. The molecule has 0 bridgehead atoms. The SMILES string of the molecule is NCc1ccc(C(N)C2CCOCC2)cc1. The van der Waals surface area contributed by atoms with Crippen LogP contribution in [0.5, 0.6) is 0 Å². The third-order valence-corrected chi connectivity index (χ3v) is 3.37. The number of ether oxygens (including phenoxy) is 1. The van der Waals surface area contributed by atoms with Crippen molar-refractivity contribution < 1.29 is 4.74 Å². The molecule has 4 N–H and O–H groups in total. The van der Waals surface area contributed by atoms with Gasteiger partial charge >= 0.3 is 0 Å². The van der Waals surface area contributed by atoms with Gasteiger partial charge in [0, 0.05) is 25.8 Å². The van der Waals surface area contributed by atoms with Gasteiger partial charge in [0.1, 0.15) is 0 Å². The predicted octanol–water partition coefficient (Wildman–Crippen LogP) is 1.57. The summed E-state index contributed by atoms with van der Waals surface area (Å²) in [6.45, 7) is 2.28. The third kappa shape index (κ3) is 2.61. The van der Waals surface area contributed by atoms with Gasteiger partial charge in [0.05, 0.1) is 0 Å². The van der Waals surface area contributed by atoms with Crippen molar-refractivity contribution in [2.45, 2.75) is 25.4 Å². The van der Waals surface area contributed by atoms with Crippen LogP contribution in [0, 0.1) is 5.92 Å². The smallest absolute Gasteiger partial charge is 0.0469 e. The maximum absolute atomic E-state index is 6.27. The topological polar surface area (TPSA) is 61.3 Å². The fourth-order valence-corrected chi connectivity index (χ4v) is 2.22. The zero-order valence-corrected chi connectivity index (χ0v) is 9.56. The Morgan fingerprint density at radius 1 is 1.19 bits per heavy atom. The van der Waals surface area contributed by atoms with E-state index in [0.717, 1.165) is 31.6 Å². The molecule has 1 heterocycles. The van der Waals surface area contributed by atoms with Crippen molar-refractivity contribution in [3.63, 3.8) is 0 Å². The lowest BCUT2D eigenvalue weighted by Gasteiger charge is -2.27. The minimum Gasteiger partial charge on any atom is -0.381 e. The van der Waals surface area contributed by atoms with E-state index in [9.17, 15) is 0 Å². The van der Waals surface area contributed by atoms with E-state index in [1.165, 1.54) is 5.56 Å². The van der Waals surface area contributed by atoms with Crippen LogP contribution in [0.3, 0.4) is 0 Å². The average molecular weight is 220 g/mol. The molecule has 1 saturated heterocycles. The van der Waals surface area contributed by atoms with Crippen molar-refractivity contribution in [1.29, 1.82) is 0 Å². The maximum Gasteiger partial charge on any atom is 0.0469 e. The quantitative estimate of drug-likeness (QED) is 0.813. The Morgan fingerprint density at radius 2 is 1.81 bits per heavy atom. The first-order valence-electron chi connectivity index (χ1n) is 5.93. The molecule has 0 spiro atoms. The highest BCUT2D eigenvalue weighted by molar-refractivity contribution is 5.25. The lowest BCUT2D eigenvalue weighted by Crippen LogP contribution is -2.27. The van der Waals surface area contributed by atoms with Crippen LogP contribution in [0.4, 0.5) is 0 Å². The van der Waals surface area contributed by atoms with Gasteiger partial charge in [0.15, 0.2) is 0 Å². The number of nitrogens with two attached hydrogens (primary N) is 2. The van der Waals surface area contributed by atoms with Crippen LogP contribution in [0.2, 0.25) is 0 Å². The molecule has 1 atom stereocenters. The summed E-state index contributed by atoms with van der Waals surface area (Å²) in [5.74, 6) is 0.553. The van der Waals surface area contributed by atoms with Crippen molar-refractivity contribution in [3.05, 3.63) is 35.4 Å². The summed E-state index contributed by atoms with van der Waals surface area (Å²) < 4.78 is 5.35. The maximum atomic E-state index is 6.27. The normalized spacial score (nSPS) is 19.6. The van der Waals surface area contributed by atoms with Crippen molar-refractivity contribution in [2.24, 2.45) is 17.4 Å². The van der Waals surface area contributed by atoms with Gasteiger partial charge in [0.25, 0.3) is 0 Å². The molecule has 2 rings (SSSR count). The highest BCUT2D eigenvalue weighted by atomic mass is 16.5. The summed E-state index contributed by atoms with van der Waals surface area (Å²) in [6.07, 6.45) is 2.14. The predicted molar refractivity (Wildman–Crippen MR) is 64.8 cm³/mol. The molecule has 1 aromatic carbocycles. The van der Waals surface area contributed by atoms with Gasteiger partial charge in [-0.15, -0.1) is 0 Å². The Labute approximate surface area is 96.8 Å². The molecule has 1 aliphatic rings. The number of benzene rings is 1. The molecular weight excluding hydrogens is 200 g/mol. The molecule has 0 saturated carbocycles. The van der Waals surface area contributed by atoms with Crippen LogP contribution in [0.25, 0.3) is 0 Å². The summed E-state index contributed by atoms with van der Waals surface area (Å²) in [6, 6.07) is 8.46. The Hall–Kier alpha value is -0.900. The molecule has 0 amide bonds. The fraction of sp³-hybridized carbons (Fsp3) is 0.538. The molecule has 88 valence electrons. The monoisotopic (exact) mass is 220 g/mol. The van der Waals surface area contributed by atoms with Crippen LogP contribution < -0.4 is 11.5 Å². The summed E-state index contributed by atoms with van der Waals surface area (Å²) in [7, 11) is 0. The lowest BCUT2D eigenvalue weighted by molar-refractivity contribution is 0.0584. The van der Waals surface area contributed by atoms with Crippen LogP contribution in [-0.2, 0) is 11.3 Å². The van der Waals surface area contributed by atoms with Crippen molar-refractivity contribution in [2.75, 3.05) is 13.2 Å². The zero-order valence-electron chi connectivity index (χ0n) is 9.56.